The third kappa shape index (κ3) is 3.94. The maximum atomic E-state index is 6.74. The zero-order valence-electron chi connectivity index (χ0n) is 19.0. The van der Waals surface area contributed by atoms with E-state index in [0.717, 1.165) is 6.54 Å². The van der Waals surface area contributed by atoms with Crippen molar-refractivity contribution in [1.82, 2.24) is 9.47 Å². The Labute approximate surface area is 188 Å². The van der Waals surface area contributed by atoms with E-state index in [2.05, 4.69) is 54.6 Å². The van der Waals surface area contributed by atoms with Gasteiger partial charge in [0.1, 0.15) is 0 Å². The predicted octanol–water partition coefficient (Wildman–Crippen LogP) is 6.49. The van der Waals surface area contributed by atoms with E-state index in [1.165, 1.54) is 63.4 Å². The molecule has 0 spiro atoms. The molecule has 0 N–H and O–H groups in total. The SMILES string of the molecule is CCCN1C[C@H](OC2CCCCC2)C[C@@H]2c3cccc4c3c(cn4C(C)C)C[C@H]21.Cl. The first-order valence-corrected chi connectivity index (χ1v) is 12.2. The van der Waals surface area contributed by atoms with Gasteiger partial charge in [0, 0.05) is 41.6 Å². The second-order valence-corrected chi connectivity index (χ2v) is 10.0. The highest BCUT2D eigenvalue weighted by atomic mass is 35.5. The van der Waals surface area contributed by atoms with Gasteiger partial charge in [-0.3, -0.25) is 4.90 Å². The van der Waals surface area contributed by atoms with Crippen molar-refractivity contribution in [2.75, 3.05) is 13.1 Å². The van der Waals surface area contributed by atoms with Gasteiger partial charge in [-0.25, -0.2) is 0 Å². The van der Waals surface area contributed by atoms with Gasteiger partial charge in [-0.1, -0.05) is 38.3 Å². The van der Waals surface area contributed by atoms with Crippen molar-refractivity contribution in [1.29, 1.82) is 0 Å². The Balaban J connectivity index is 0.00000218. The van der Waals surface area contributed by atoms with Crippen molar-refractivity contribution >= 4 is 23.3 Å². The average Bonchev–Trinajstić information content (AvgIpc) is 3.10. The predicted molar refractivity (Wildman–Crippen MR) is 128 cm³/mol. The van der Waals surface area contributed by atoms with Crippen molar-refractivity contribution in [3.05, 3.63) is 35.5 Å². The minimum Gasteiger partial charge on any atom is -0.374 e. The second kappa shape index (κ2) is 9.22. The zero-order chi connectivity index (χ0) is 20.0. The quantitative estimate of drug-likeness (QED) is 0.539. The summed E-state index contributed by atoms with van der Waals surface area (Å²) in [4.78, 5) is 2.77. The van der Waals surface area contributed by atoms with Crippen LogP contribution >= 0.6 is 12.4 Å². The summed E-state index contributed by atoms with van der Waals surface area (Å²) in [6, 6.07) is 8.18. The molecule has 1 saturated carbocycles. The van der Waals surface area contributed by atoms with Crippen LogP contribution in [0.4, 0.5) is 0 Å². The number of hydrogen-bond acceptors (Lipinski definition) is 2. The van der Waals surface area contributed by atoms with E-state index in [-0.39, 0.29) is 12.4 Å². The molecule has 0 unspecified atom stereocenters. The van der Waals surface area contributed by atoms with Gasteiger partial charge in [0.15, 0.2) is 0 Å². The van der Waals surface area contributed by atoms with Gasteiger partial charge < -0.3 is 9.30 Å². The summed E-state index contributed by atoms with van der Waals surface area (Å²) < 4.78 is 9.23. The third-order valence-corrected chi connectivity index (χ3v) is 7.69. The number of hydrogen-bond donors (Lipinski definition) is 0. The number of fused-ring (bicyclic) bond motifs is 2. The van der Waals surface area contributed by atoms with Crippen LogP contribution in [-0.4, -0.2) is 40.8 Å². The zero-order valence-corrected chi connectivity index (χ0v) is 19.8. The Morgan fingerprint density at radius 2 is 1.90 bits per heavy atom. The minimum atomic E-state index is 0. The number of rotatable bonds is 5. The van der Waals surface area contributed by atoms with Crippen LogP contribution in [-0.2, 0) is 11.2 Å². The molecule has 1 aliphatic heterocycles. The molecule has 2 fully saturated rings. The lowest BCUT2D eigenvalue weighted by Crippen LogP contribution is -2.53. The van der Waals surface area contributed by atoms with Crippen LogP contribution in [0.5, 0.6) is 0 Å². The molecular weight excluding hydrogens is 392 g/mol. The highest BCUT2D eigenvalue weighted by Gasteiger charge is 2.41. The van der Waals surface area contributed by atoms with Crippen LogP contribution in [0.1, 0.15) is 88.8 Å². The Bertz CT molecular complexity index is 854. The lowest BCUT2D eigenvalue weighted by atomic mass is 9.74. The van der Waals surface area contributed by atoms with E-state index >= 15 is 0 Å². The molecule has 166 valence electrons. The Kier molecular flexibility index (Phi) is 6.82. The number of likely N-dealkylation sites (tertiary alicyclic amines) is 1. The van der Waals surface area contributed by atoms with E-state index in [0.29, 0.717) is 30.2 Å². The van der Waals surface area contributed by atoms with Crippen molar-refractivity contribution in [3.8, 4) is 0 Å². The largest absolute Gasteiger partial charge is 0.374 e. The average molecular weight is 431 g/mol. The van der Waals surface area contributed by atoms with Gasteiger partial charge in [-0.2, -0.15) is 0 Å². The smallest absolute Gasteiger partial charge is 0.0712 e. The Morgan fingerprint density at radius 3 is 2.63 bits per heavy atom. The van der Waals surface area contributed by atoms with Crippen LogP contribution in [0.3, 0.4) is 0 Å². The van der Waals surface area contributed by atoms with Gasteiger partial charge in [0.2, 0.25) is 0 Å². The Hall–Kier alpha value is -1.03. The molecule has 4 heteroatoms. The molecule has 1 saturated heterocycles. The summed E-state index contributed by atoms with van der Waals surface area (Å²) >= 11 is 0. The fourth-order valence-electron chi connectivity index (χ4n) is 6.43. The first kappa shape index (κ1) is 22.2. The molecule has 2 aromatic rings. The first-order chi connectivity index (χ1) is 14.2. The summed E-state index contributed by atoms with van der Waals surface area (Å²) in [5.74, 6) is 0.614. The number of piperidine rings is 1. The summed E-state index contributed by atoms with van der Waals surface area (Å²) in [5, 5.41) is 1.55. The standard InChI is InChI=1S/C26H38N2O.ClH/c1-4-13-27-17-21(29-20-9-6-5-7-10-20)15-23-22-11-8-12-24-26(22)19(14-25(23)27)16-28(24)18(2)3;/h8,11-12,16,18,20-21,23,25H,4-7,9-10,13-15,17H2,1-3H3;1H/t21-,23-,25-;/m1./s1. The maximum Gasteiger partial charge on any atom is 0.0712 e. The number of aromatic nitrogens is 1. The monoisotopic (exact) mass is 430 g/mol. The summed E-state index contributed by atoms with van der Waals surface area (Å²) in [6.45, 7) is 9.25. The van der Waals surface area contributed by atoms with Crippen LogP contribution in [0.15, 0.2) is 24.4 Å². The molecular formula is C26H39ClN2O. The molecule has 0 amide bonds. The van der Waals surface area contributed by atoms with Gasteiger partial charge >= 0.3 is 0 Å². The molecule has 1 aromatic carbocycles. The topological polar surface area (TPSA) is 17.4 Å². The number of nitrogens with zero attached hydrogens (tertiary/aromatic N) is 2. The Morgan fingerprint density at radius 1 is 1.10 bits per heavy atom. The molecule has 30 heavy (non-hydrogen) atoms. The summed E-state index contributed by atoms with van der Waals surface area (Å²) in [6.07, 6.45) is 13.6. The molecule has 0 bridgehead atoms. The van der Waals surface area contributed by atoms with E-state index in [9.17, 15) is 0 Å². The lowest BCUT2D eigenvalue weighted by molar-refractivity contribution is -0.0783. The summed E-state index contributed by atoms with van der Waals surface area (Å²) in [7, 11) is 0. The van der Waals surface area contributed by atoms with Crippen LogP contribution in [0.25, 0.3) is 10.9 Å². The minimum absolute atomic E-state index is 0. The normalized spacial score (nSPS) is 27.3. The van der Waals surface area contributed by atoms with E-state index in [1.807, 2.05) is 0 Å². The van der Waals surface area contributed by atoms with E-state index < -0.39 is 0 Å². The van der Waals surface area contributed by atoms with Crippen LogP contribution < -0.4 is 0 Å². The summed E-state index contributed by atoms with van der Waals surface area (Å²) in [5.41, 5.74) is 4.59. The van der Waals surface area contributed by atoms with E-state index in [4.69, 9.17) is 4.74 Å². The van der Waals surface area contributed by atoms with Crippen molar-refractivity contribution in [3.63, 3.8) is 0 Å². The van der Waals surface area contributed by atoms with Crippen LogP contribution in [0.2, 0.25) is 0 Å². The fraction of sp³-hybridized carbons (Fsp3) is 0.692. The molecule has 2 aliphatic carbocycles. The number of benzene rings is 1. The number of halogens is 1. The third-order valence-electron chi connectivity index (χ3n) is 7.69. The molecule has 3 atom stereocenters. The molecule has 2 heterocycles. The highest BCUT2D eigenvalue weighted by Crippen LogP contribution is 2.45. The maximum absolute atomic E-state index is 6.74. The van der Waals surface area contributed by atoms with Gasteiger partial charge in [-0.15, -0.1) is 12.4 Å². The van der Waals surface area contributed by atoms with Crippen molar-refractivity contribution < 1.29 is 4.74 Å². The van der Waals surface area contributed by atoms with Crippen molar-refractivity contribution in [2.45, 2.75) is 102 Å². The molecule has 3 aliphatic rings. The van der Waals surface area contributed by atoms with E-state index in [1.54, 1.807) is 16.5 Å². The lowest BCUT2D eigenvalue weighted by Gasteiger charge is -2.47. The highest BCUT2D eigenvalue weighted by molar-refractivity contribution is 5.89. The molecule has 3 nitrogen and oxygen atoms in total. The fourth-order valence-corrected chi connectivity index (χ4v) is 6.43. The second-order valence-electron chi connectivity index (χ2n) is 10.0. The first-order valence-electron chi connectivity index (χ1n) is 12.2. The molecule has 5 rings (SSSR count). The molecule has 1 aromatic heterocycles. The van der Waals surface area contributed by atoms with Gasteiger partial charge in [0.05, 0.1) is 12.2 Å². The molecule has 0 radical (unpaired) electrons. The van der Waals surface area contributed by atoms with Gasteiger partial charge in [0.25, 0.3) is 0 Å². The van der Waals surface area contributed by atoms with Gasteiger partial charge in [-0.05, 0) is 69.7 Å². The van der Waals surface area contributed by atoms with Crippen LogP contribution in [0, 0.1) is 0 Å². The van der Waals surface area contributed by atoms with Crippen molar-refractivity contribution in [2.24, 2.45) is 0 Å². The number of ether oxygens (including phenoxy) is 1.